The molecule has 0 aromatic rings. The van der Waals surface area contributed by atoms with Crippen LogP contribution in [0.1, 0.15) is 20.8 Å². The number of rotatable bonds is 7. The molecule has 0 aromatic heterocycles. The van der Waals surface area contributed by atoms with Gasteiger partial charge in [-0.25, -0.2) is 0 Å². The largest absolute Gasteiger partial charge is 0.456 e. The monoisotopic (exact) mass is 376 g/mol. The van der Waals surface area contributed by atoms with Gasteiger partial charge >= 0.3 is 17.9 Å². The highest BCUT2D eigenvalue weighted by atomic mass is 28.3. The van der Waals surface area contributed by atoms with Gasteiger partial charge in [-0.1, -0.05) is 19.6 Å². The lowest BCUT2D eigenvalue weighted by Gasteiger charge is -2.40. The Hall–Kier alpha value is -1.45. The average molecular weight is 376 g/mol. The minimum Gasteiger partial charge on any atom is -0.456 e. The van der Waals surface area contributed by atoms with Crippen LogP contribution >= 0.6 is 0 Å². The SMILES string of the molecule is CC(=O)O[C@@H]1[C@@H](OC(C)=O)[C@H](OCC[Si](C)(C)C)OC[C@H]1OC(C)=O. The maximum atomic E-state index is 11.5. The van der Waals surface area contributed by atoms with Gasteiger partial charge in [0.1, 0.15) is 0 Å². The second-order valence-electron chi connectivity index (χ2n) is 7.18. The molecule has 0 aromatic carbocycles. The lowest BCUT2D eigenvalue weighted by molar-refractivity contribution is -0.279. The quantitative estimate of drug-likeness (QED) is 0.374. The third kappa shape index (κ3) is 7.98. The van der Waals surface area contributed by atoms with Crippen LogP contribution in [-0.4, -0.2) is 63.8 Å². The molecular formula is C16H28O8Si. The van der Waals surface area contributed by atoms with Crippen molar-refractivity contribution >= 4 is 26.0 Å². The number of esters is 3. The first-order valence-corrected chi connectivity index (χ1v) is 11.9. The van der Waals surface area contributed by atoms with Crippen molar-refractivity contribution in [3.05, 3.63) is 0 Å². The van der Waals surface area contributed by atoms with E-state index < -0.39 is 50.6 Å². The summed E-state index contributed by atoms with van der Waals surface area (Å²) in [5, 5.41) is 0. The van der Waals surface area contributed by atoms with E-state index in [0.717, 1.165) is 6.04 Å². The zero-order valence-corrected chi connectivity index (χ0v) is 16.7. The van der Waals surface area contributed by atoms with Gasteiger partial charge in [0.05, 0.1) is 6.61 Å². The van der Waals surface area contributed by atoms with Crippen molar-refractivity contribution in [3.8, 4) is 0 Å². The van der Waals surface area contributed by atoms with Crippen molar-refractivity contribution in [2.45, 2.75) is 71.1 Å². The summed E-state index contributed by atoms with van der Waals surface area (Å²) in [6.07, 6.45) is -3.77. The van der Waals surface area contributed by atoms with Crippen LogP contribution in [0, 0.1) is 0 Å². The van der Waals surface area contributed by atoms with Crippen LogP contribution in [0.15, 0.2) is 0 Å². The molecule has 4 atom stereocenters. The van der Waals surface area contributed by atoms with Crippen molar-refractivity contribution in [3.63, 3.8) is 0 Å². The summed E-state index contributed by atoms with van der Waals surface area (Å²) < 4.78 is 27.0. The molecule has 9 heteroatoms. The summed E-state index contributed by atoms with van der Waals surface area (Å²) >= 11 is 0. The number of ether oxygens (including phenoxy) is 5. The summed E-state index contributed by atoms with van der Waals surface area (Å²) in [5.41, 5.74) is 0. The highest BCUT2D eigenvalue weighted by Gasteiger charge is 2.47. The molecule has 25 heavy (non-hydrogen) atoms. The molecule has 1 heterocycles. The molecule has 144 valence electrons. The molecule has 1 aliphatic rings. The second-order valence-corrected chi connectivity index (χ2v) is 12.8. The normalized spacial score (nSPS) is 26.6. The minimum absolute atomic E-state index is 0.0209. The van der Waals surface area contributed by atoms with Crippen LogP contribution in [0.3, 0.4) is 0 Å². The second kappa shape index (κ2) is 9.30. The molecule has 1 rings (SSSR count). The van der Waals surface area contributed by atoms with E-state index in [9.17, 15) is 14.4 Å². The van der Waals surface area contributed by atoms with Crippen molar-refractivity contribution in [2.24, 2.45) is 0 Å². The maximum Gasteiger partial charge on any atom is 0.303 e. The molecule has 0 N–H and O–H groups in total. The molecule has 0 saturated carbocycles. The van der Waals surface area contributed by atoms with Crippen LogP contribution in [-0.2, 0) is 38.1 Å². The van der Waals surface area contributed by atoms with Crippen LogP contribution in [0.25, 0.3) is 0 Å². The van der Waals surface area contributed by atoms with Crippen LogP contribution < -0.4 is 0 Å². The Morgan fingerprint density at radius 1 is 0.920 bits per heavy atom. The van der Waals surface area contributed by atoms with Crippen molar-refractivity contribution in [2.75, 3.05) is 13.2 Å². The van der Waals surface area contributed by atoms with Crippen molar-refractivity contribution < 1.29 is 38.1 Å². The van der Waals surface area contributed by atoms with Crippen LogP contribution in [0.2, 0.25) is 25.7 Å². The molecule has 0 amide bonds. The minimum atomic E-state index is -1.32. The molecule has 0 bridgehead atoms. The van der Waals surface area contributed by atoms with Gasteiger partial charge in [0, 0.05) is 35.5 Å². The van der Waals surface area contributed by atoms with Gasteiger partial charge in [-0.2, -0.15) is 0 Å². The zero-order chi connectivity index (χ0) is 19.2. The van der Waals surface area contributed by atoms with Gasteiger partial charge in [0.2, 0.25) is 0 Å². The summed E-state index contributed by atoms with van der Waals surface area (Å²) in [5.74, 6) is -1.71. The molecule has 1 fully saturated rings. The van der Waals surface area contributed by atoms with E-state index >= 15 is 0 Å². The standard InChI is InChI=1S/C16H28O8Si/c1-10(17)22-13-9-21-16(20-7-8-25(4,5)6)15(24-12(3)19)14(13)23-11(2)18/h13-16H,7-9H2,1-6H3/t13-,14+,15-,16-/m1/s1. The van der Waals surface area contributed by atoms with Gasteiger partial charge in [0.25, 0.3) is 0 Å². The highest BCUT2D eigenvalue weighted by Crippen LogP contribution is 2.25. The van der Waals surface area contributed by atoms with E-state index in [4.69, 9.17) is 23.7 Å². The Morgan fingerprint density at radius 3 is 1.92 bits per heavy atom. The Balaban J connectivity index is 2.91. The highest BCUT2D eigenvalue weighted by molar-refractivity contribution is 6.76. The topological polar surface area (TPSA) is 97.4 Å². The summed E-state index contributed by atoms with van der Waals surface area (Å²) in [6.45, 7) is 10.7. The van der Waals surface area contributed by atoms with E-state index in [1.807, 2.05) is 0 Å². The first-order valence-electron chi connectivity index (χ1n) is 8.24. The first-order chi connectivity index (χ1) is 11.5. The molecule has 1 saturated heterocycles. The van der Waals surface area contributed by atoms with Crippen molar-refractivity contribution in [1.82, 2.24) is 0 Å². The van der Waals surface area contributed by atoms with E-state index in [1.54, 1.807) is 0 Å². The summed E-state index contributed by atoms with van der Waals surface area (Å²) in [7, 11) is -1.32. The maximum absolute atomic E-state index is 11.5. The van der Waals surface area contributed by atoms with Gasteiger partial charge in [0.15, 0.2) is 24.6 Å². The fourth-order valence-corrected chi connectivity index (χ4v) is 3.06. The number of hydrogen-bond acceptors (Lipinski definition) is 8. The van der Waals surface area contributed by atoms with Gasteiger partial charge in [-0.15, -0.1) is 0 Å². The Morgan fingerprint density at radius 2 is 1.44 bits per heavy atom. The van der Waals surface area contributed by atoms with Gasteiger partial charge in [-0.3, -0.25) is 14.4 Å². The fourth-order valence-electron chi connectivity index (χ4n) is 2.33. The zero-order valence-electron chi connectivity index (χ0n) is 15.7. The summed E-state index contributed by atoms with van der Waals surface area (Å²) in [4.78, 5) is 34.2. The van der Waals surface area contributed by atoms with Gasteiger partial charge < -0.3 is 23.7 Å². The van der Waals surface area contributed by atoms with Crippen LogP contribution in [0.5, 0.6) is 0 Å². The smallest absolute Gasteiger partial charge is 0.303 e. The molecule has 8 nitrogen and oxygen atoms in total. The average Bonchev–Trinajstić information content (AvgIpc) is 2.41. The van der Waals surface area contributed by atoms with E-state index in [2.05, 4.69) is 19.6 Å². The lowest BCUT2D eigenvalue weighted by Crippen LogP contribution is -2.58. The molecule has 0 aliphatic carbocycles. The molecule has 0 radical (unpaired) electrons. The lowest BCUT2D eigenvalue weighted by atomic mass is 10.0. The number of carbonyl (C=O) groups excluding carboxylic acids is 3. The fraction of sp³-hybridized carbons (Fsp3) is 0.812. The summed E-state index contributed by atoms with van der Waals surface area (Å²) in [6, 6.07) is 0.894. The Labute approximate surface area is 149 Å². The Kier molecular flexibility index (Phi) is 8.03. The third-order valence-electron chi connectivity index (χ3n) is 3.44. The number of carbonyl (C=O) groups is 3. The van der Waals surface area contributed by atoms with E-state index in [1.165, 1.54) is 20.8 Å². The van der Waals surface area contributed by atoms with Gasteiger partial charge in [-0.05, 0) is 6.04 Å². The molecule has 0 unspecified atom stereocenters. The van der Waals surface area contributed by atoms with E-state index in [0.29, 0.717) is 6.61 Å². The first kappa shape index (κ1) is 21.6. The molecular weight excluding hydrogens is 348 g/mol. The molecule has 1 aliphatic heterocycles. The predicted octanol–water partition coefficient (Wildman–Crippen LogP) is 1.49. The van der Waals surface area contributed by atoms with E-state index in [-0.39, 0.29) is 6.61 Å². The predicted molar refractivity (Wildman–Crippen MR) is 90.5 cm³/mol. The Bertz CT molecular complexity index is 487. The number of hydrogen-bond donors (Lipinski definition) is 0. The third-order valence-corrected chi connectivity index (χ3v) is 5.14. The van der Waals surface area contributed by atoms with Crippen molar-refractivity contribution in [1.29, 1.82) is 0 Å². The van der Waals surface area contributed by atoms with Crippen LogP contribution in [0.4, 0.5) is 0 Å². The molecule has 0 spiro atoms.